The van der Waals surface area contributed by atoms with Crippen LogP contribution >= 0.6 is 15.9 Å². The molecular weight excluding hydrogens is 358 g/mol. The number of sulfonamides is 1. The largest absolute Gasteiger partial charge is 0.398 e. The summed E-state index contributed by atoms with van der Waals surface area (Å²) in [5, 5.41) is 0. The van der Waals surface area contributed by atoms with Crippen molar-refractivity contribution in [2.75, 3.05) is 38.6 Å². The zero-order valence-corrected chi connectivity index (χ0v) is 14.3. The molecule has 1 fully saturated rings. The number of ether oxygens (including phenoxy) is 1. The van der Waals surface area contributed by atoms with Crippen LogP contribution in [0.4, 0.5) is 5.69 Å². The monoisotopic (exact) mass is 377 g/mol. The van der Waals surface area contributed by atoms with E-state index >= 15 is 0 Å². The van der Waals surface area contributed by atoms with E-state index in [1.165, 1.54) is 12.1 Å². The van der Waals surface area contributed by atoms with E-state index in [1.807, 2.05) is 6.92 Å². The van der Waals surface area contributed by atoms with Gasteiger partial charge < -0.3 is 10.5 Å². The second-order valence-corrected chi connectivity index (χ2v) is 7.69. The van der Waals surface area contributed by atoms with Gasteiger partial charge in [-0.2, -0.15) is 0 Å². The van der Waals surface area contributed by atoms with Crippen LogP contribution < -0.4 is 10.5 Å². The Morgan fingerprint density at radius 3 is 2.71 bits per heavy atom. The molecule has 0 amide bonds. The SMILES string of the molecule is CC(CN1CCOCC1)NS(=O)(=O)c1ccc(N)c(Br)c1. The number of nitrogen functional groups attached to an aromatic ring is 1. The van der Waals surface area contributed by atoms with E-state index in [0.29, 0.717) is 29.9 Å². The van der Waals surface area contributed by atoms with Crippen molar-refractivity contribution in [3.05, 3.63) is 22.7 Å². The zero-order valence-electron chi connectivity index (χ0n) is 11.9. The second-order valence-electron chi connectivity index (χ2n) is 5.12. The van der Waals surface area contributed by atoms with Gasteiger partial charge >= 0.3 is 0 Å². The number of benzene rings is 1. The first-order valence-electron chi connectivity index (χ1n) is 6.76. The highest BCUT2D eigenvalue weighted by Gasteiger charge is 2.20. The molecule has 6 nitrogen and oxygen atoms in total. The third-order valence-electron chi connectivity index (χ3n) is 3.27. The number of nitrogens with two attached hydrogens (primary N) is 1. The lowest BCUT2D eigenvalue weighted by Gasteiger charge is -2.29. The van der Waals surface area contributed by atoms with Gasteiger partial charge in [0.25, 0.3) is 0 Å². The summed E-state index contributed by atoms with van der Waals surface area (Å²) in [6.07, 6.45) is 0. The highest BCUT2D eigenvalue weighted by atomic mass is 79.9. The van der Waals surface area contributed by atoms with Gasteiger partial charge in [-0.15, -0.1) is 0 Å². The summed E-state index contributed by atoms with van der Waals surface area (Å²) in [6.45, 7) is 5.59. The maximum Gasteiger partial charge on any atom is 0.240 e. The molecule has 0 bridgehead atoms. The molecule has 118 valence electrons. The molecule has 21 heavy (non-hydrogen) atoms. The average Bonchev–Trinajstić information content (AvgIpc) is 2.42. The fourth-order valence-corrected chi connectivity index (χ4v) is 4.01. The minimum Gasteiger partial charge on any atom is -0.398 e. The van der Waals surface area contributed by atoms with Crippen LogP contribution in [0.15, 0.2) is 27.6 Å². The van der Waals surface area contributed by atoms with E-state index < -0.39 is 10.0 Å². The van der Waals surface area contributed by atoms with Gasteiger partial charge in [0.2, 0.25) is 10.0 Å². The summed E-state index contributed by atoms with van der Waals surface area (Å²) < 4.78 is 33.2. The molecule has 2 rings (SSSR count). The smallest absolute Gasteiger partial charge is 0.240 e. The summed E-state index contributed by atoms with van der Waals surface area (Å²) in [4.78, 5) is 2.40. The topological polar surface area (TPSA) is 84.7 Å². The Morgan fingerprint density at radius 1 is 1.43 bits per heavy atom. The molecule has 0 radical (unpaired) electrons. The van der Waals surface area contributed by atoms with Gasteiger partial charge in [0.05, 0.1) is 18.1 Å². The Balaban J connectivity index is 2.00. The first-order valence-corrected chi connectivity index (χ1v) is 9.03. The number of nitrogens with one attached hydrogen (secondary N) is 1. The van der Waals surface area contributed by atoms with Crippen LogP contribution in [0.1, 0.15) is 6.92 Å². The lowest BCUT2D eigenvalue weighted by molar-refractivity contribution is 0.0354. The number of halogens is 1. The minimum atomic E-state index is -3.54. The second kappa shape index (κ2) is 7.06. The van der Waals surface area contributed by atoms with Gasteiger partial charge in [-0.25, -0.2) is 13.1 Å². The highest BCUT2D eigenvalue weighted by molar-refractivity contribution is 9.10. The summed E-state index contributed by atoms with van der Waals surface area (Å²) in [6, 6.07) is 4.42. The van der Waals surface area contributed by atoms with Gasteiger partial charge in [-0.05, 0) is 41.1 Å². The van der Waals surface area contributed by atoms with E-state index in [0.717, 1.165) is 13.1 Å². The van der Waals surface area contributed by atoms with E-state index in [9.17, 15) is 8.42 Å². The average molecular weight is 378 g/mol. The number of hydrogen-bond donors (Lipinski definition) is 2. The van der Waals surface area contributed by atoms with Crippen LogP contribution in [-0.4, -0.2) is 52.2 Å². The summed E-state index contributed by atoms with van der Waals surface area (Å²) in [5.41, 5.74) is 6.19. The molecule has 1 aliphatic rings. The first-order chi connectivity index (χ1) is 9.88. The van der Waals surface area contributed by atoms with Crippen molar-refractivity contribution in [3.8, 4) is 0 Å². The standard InChI is InChI=1S/C13H20BrN3O3S/c1-10(9-17-4-6-20-7-5-17)16-21(18,19)11-2-3-13(15)12(14)8-11/h2-3,8,10,16H,4-7,9,15H2,1H3. The van der Waals surface area contributed by atoms with Gasteiger partial charge in [0.1, 0.15) is 0 Å². The highest BCUT2D eigenvalue weighted by Crippen LogP contribution is 2.23. The fraction of sp³-hybridized carbons (Fsp3) is 0.538. The Bertz CT molecular complexity index is 588. The van der Waals surface area contributed by atoms with Crippen LogP contribution in [0, 0.1) is 0 Å². The van der Waals surface area contributed by atoms with Gasteiger partial charge in [0.15, 0.2) is 0 Å². The quantitative estimate of drug-likeness (QED) is 0.748. The van der Waals surface area contributed by atoms with Crippen molar-refractivity contribution >= 4 is 31.6 Å². The number of morpholine rings is 1. The van der Waals surface area contributed by atoms with E-state index in [-0.39, 0.29) is 10.9 Å². The maximum atomic E-state index is 12.3. The number of rotatable bonds is 5. The third-order valence-corrected chi connectivity index (χ3v) is 5.55. The molecule has 1 aliphatic heterocycles. The summed E-state index contributed by atoms with van der Waals surface area (Å²) >= 11 is 3.25. The van der Waals surface area contributed by atoms with Crippen LogP contribution in [0.3, 0.4) is 0 Å². The molecule has 0 aliphatic carbocycles. The lowest BCUT2D eigenvalue weighted by Crippen LogP contribution is -2.45. The van der Waals surface area contributed by atoms with Gasteiger partial charge in [-0.1, -0.05) is 0 Å². The predicted octanol–water partition coefficient (Wildman–Crippen LogP) is 1.03. The van der Waals surface area contributed by atoms with Crippen molar-refractivity contribution < 1.29 is 13.2 Å². The van der Waals surface area contributed by atoms with Crippen molar-refractivity contribution in [3.63, 3.8) is 0 Å². The molecule has 0 spiro atoms. The maximum absolute atomic E-state index is 12.3. The molecule has 1 heterocycles. The Kier molecular flexibility index (Phi) is 5.61. The molecule has 1 unspecified atom stereocenters. The number of nitrogens with zero attached hydrogens (tertiary/aromatic N) is 1. The molecular formula is C13H20BrN3O3S. The Hall–Kier alpha value is -0.670. The first kappa shape index (κ1) is 16.7. The van der Waals surface area contributed by atoms with E-state index in [4.69, 9.17) is 10.5 Å². The van der Waals surface area contributed by atoms with Crippen molar-refractivity contribution in [1.82, 2.24) is 9.62 Å². The molecule has 0 aromatic heterocycles. The number of anilines is 1. The predicted molar refractivity (Wildman–Crippen MR) is 85.6 cm³/mol. The molecule has 1 atom stereocenters. The molecule has 1 saturated heterocycles. The van der Waals surface area contributed by atoms with Crippen LogP contribution in [0.2, 0.25) is 0 Å². The number of hydrogen-bond acceptors (Lipinski definition) is 5. The normalized spacial score (nSPS) is 18.6. The Labute approximate surface area is 133 Å². The zero-order chi connectivity index (χ0) is 15.5. The summed E-state index contributed by atoms with van der Waals surface area (Å²) in [7, 11) is -3.54. The third kappa shape index (κ3) is 4.65. The van der Waals surface area contributed by atoms with Crippen LogP contribution in [0.25, 0.3) is 0 Å². The van der Waals surface area contributed by atoms with Crippen LogP contribution in [-0.2, 0) is 14.8 Å². The van der Waals surface area contributed by atoms with E-state index in [1.54, 1.807) is 6.07 Å². The summed E-state index contributed by atoms with van der Waals surface area (Å²) in [5.74, 6) is 0. The molecule has 8 heteroatoms. The molecule has 3 N–H and O–H groups in total. The molecule has 1 aromatic carbocycles. The lowest BCUT2D eigenvalue weighted by atomic mass is 10.3. The minimum absolute atomic E-state index is 0.176. The fourth-order valence-electron chi connectivity index (χ4n) is 2.22. The van der Waals surface area contributed by atoms with E-state index in [2.05, 4.69) is 25.6 Å². The Morgan fingerprint density at radius 2 is 2.10 bits per heavy atom. The van der Waals surface area contributed by atoms with Gasteiger partial charge in [-0.3, -0.25) is 4.90 Å². The van der Waals surface area contributed by atoms with Crippen molar-refractivity contribution in [1.29, 1.82) is 0 Å². The van der Waals surface area contributed by atoms with Crippen molar-refractivity contribution in [2.24, 2.45) is 0 Å². The van der Waals surface area contributed by atoms with Crippen LogP contribution in [0.5, 0.6) is 0 Å². The molecule has 1 aromatic rings. The molecule has 0 saturated carbocycles. The van der Waals surface area contributed by atoms with Crippen molar-refractivity contribution in [2.45, 2.75) is 17.9 Å². The van der Waals surface area contributed by atoms with Gasteiger partial charge in [0, 0.05) is 35.8 Å².